The number of thiocarbonyl (C=S) groups is 1. The van der Waals surface area contributed by atoms with E-state index >= 15 is 0 Å². The van der Waals surface area contributed by atoms with E-state index in [1.165, 1.54) is 0 Å². The number of ether oxygens (including phenoxy) is 1. The molecule has 0 saturated heterocycles. The van der Waals surface area contributed by atoms with E-state index in [-0.39, 0.29) is 5.41 Å². The Labute approximate surface area is 117 Å². The third-order valence-electron chi connectivity index (χ3n) is 2.33. The summed E-state index contributed by atoms with van der Waals surface area (Å²) >= 11 is 8.46. The molecule has 0 unspecified atom stereocenters. The molecule has 0 aromatic heterocycles. The summed E-state index contributed by atoms with van der Waals surface area (Å²) in [4.78, 5) is 0.350. The van der Waals surface area contributed by atoms with Gasteiger partial charge in [-0.25, -0.2) is 0 Å². The molecule has 1 aromatic rings. The van der Waals surface area contributed by atoms with E-state index in [0.29, 0.717) is 11.6 Å². The topological polar surface area (TPSA) is 35.2 Å². The average molecular weight is 316 g/mol. The molecular weight excluding hydrogens is 298 g/mol. The lowest BCUT2D eigenvalue weighted by Crippen LogP contribution is -2.15. The first kappa shape index (κ1) is 14.5. The molecule has 0 aliphatic heterocycles. The number of rotatable bonds is 4. The molecule has 0 saturated carbocycles. The Kier molecular flexibility index (Phi) is 4.95. The summed E-state index contributed by atoms with van der Waals surface area (Å²) in [5.41, 5.74) is 6.73. The fourth-order valence-corrected chi connectivity index (χ4v) is 2.23. The van der Waals surface area contributed by atoms with Gasteiger partial charge in [-0.15, -0.1) is 0 Å². The van der Waals surface area contributed by atoms with Crippen LogP contribution in [0.4, 0.5) is 0 Å². The first-order valence-electron chi connectivity index (χ1n) is 5.52. The van der Waals surface area contributed by atoms with Crippen LogP contribution in [0.1, 0.15) is 32.8 Å². The molecule has 0 amide bonds. The number of benzene rings is 1. The van der Waals surface area contributed by atoms with Crippen LogP contribution in [0.25, 0.3) is 0 Å². The van der Waals surface area contributed by atoms with Gasteiger partial charge in [0.2, 0.25) is 0 Å². The maximum Gasteiger partial charge on any atom is 0.130 e. The van der Waals surface area contributed by atoms with Crippen LogP contribution in [-0.2, 0) is 0 Å². The highest BCUT2D eigenvalue weighted by Gasteiger charge is 2.13. The van der Waals surface area contributed by atoms with Crippen molar-refractivity contribution in [3.05, 3.63) is 28.2 Å². The first-order valence-corrected chi connectivity index (χ1v) is 6.72. The Morgan fingerprint density at radius 1 is 1.41 bits per heavy atom. The van der Waals surface area contributed by atoms with Gasteiger partial charge in [0.1, 0.15) is 10.7 Å². The molecule has 2 nitrogen and oxygen atoms in total. The highest BCUT2D eigenvalue weighted by molar-refractivity contribution is 9.10. The van der Waals surface area contributed by atoms with E-state index in [9.17, 15) is 0 Å². The van der Waals surface area contributed by atoms with Crippen molar-refractivity contribution in [2.45, 2.75) is 27.2 Å². The van der Waals surface area contributed by atoms with Crippen molar-refractivity contribution >= 4 is 33.1 Å². The van der Waals surface area contributed by atoms with Crippen molar-refractivity contribution in [3.8, 4) is 5.75 Å². The highest BCUT2D eigenvalue weighted by atomic mass is 79.9. The van der Waals surface area contributed by atoms with Gasteiger partial charge in [-0.05, 0) is 39.9 Å². The standard InChI is InChI=1S/C13H18BrNOS/c1-13(2,3)7-8-16-10-6-4-5-9(14)11(10)12(15)17/h4-6H,7-8H2,1-3H3,(H2,15,17). The van der Waals surface area contributed by atoms with Crippen LogP contribution in [-0.4, -0.2) is 11.6 Å². The average Bonchev–Trinajstić information content (AvgIpc) is 2.14. The van der Waals surface area contributed by atoms with Crippen molar-refractivity contribution in [2.75, 3.05) is 6.61 Å². The quantitative estimate of drug-likeness (QED) is 0.856. The molecule has 0 fully saturated rings. The molecule has 4 heteroatoms. The lowest BCUT2D eigenvalue weighted by atomic mass is 9.93. The molecule has 0 aliphatic carbocycles. The molecular formula is C13H18BrNOS. The maximum absolute atomic E-state index is 5.76. The Morgan fingerprint density at radius 3 is 2.59 bits per heavy atom. The molecule has 0 heterocycles. The minimum atomic E-state index is 0.259. The Hall–Kier alpha value is -0.610. The fourth-order valence-electron chi connectivity index (χ4n) is 1.33. The minimum Gasteiger partial charge on any atom is -0.493 e. The Balaban J connectivity index is 2.78. The molecule has 2 N–H and O–H groups in total. The van der Waals surface area contributed by atoms with Crippen LogP contribution in [0.5, 0.6) is 5.75 Å². The zero-order chi connectivity index (χ0) is 13.1. The zero-order valence-corrected chi connectivity index (χ0v) is 12.8. The normalized spacial score (nSPS) is 11.3. The Bertz CT molecular complexity index is 412. The van der Waals surface area contributed by atoms with Gasteiger partial charge >= 0.3 is 0 Å². The minimum absolute atomic E-state index is 0.259. The maximum atomic E-state index is 5.76. The fraction of sp³-hybridized carbons (Fsp3) is 0.462. The highest BCUT2D eigenvalue weighted by Crippen LogP contribution is 2.27. The lowest BCUT2D eigenvalue weighted by molar-refractivity contribution is 0.242. The second-order valence-corrected chi connectivity index (χ2v) is 6.43. The molecule has 0 aliphatic rings. The largest absolute Gasteiger partial charge is 0.493 e. The van der Waals surface area contributed by atoms with Crippen LogP contribution in [0.3, 0.4) is 0 Å². The molecule has 1 rings (SSSR count). The van der Waals surface area contributed by atoms with E-state index in [1.54, 1.807) is 0 Å². The van der Waals surface area contributed by atoms with Gasteiger partial charge in [0.25, 0.3) is 0 Å². The van der Waals surface area contributed by atoms with Gasteiger partial charge in [-0.2, -0.15) is 0 Å². The van der Waals surface area contributed by atoms with E-state index in [1.807, 2.05) is 18.2 Å². The van der Waals surface area contributed by atoms with Crippen LogP contribution in [0.2, 0.25) is 0 Å². The smallest absolute Gasteiger partial charge is 0.130 e. The van der Waals surface area contributed by atoms with Gasteiger partial charge in [0.05, 0.1) is 12.2 Å². The lowest BCUT2D eigenvalue weighted by Gasteiger charge is -2.19. The van der Waals surface area contributed by atoms with E-state index in [2.05, 4.69) is 36.7 Å². The zero-order valence-electron chi connectivity index (χ0n) is 10.4. The predicted molar refractivity (Wildman–Crippen MR) is 79.6 cm³/mol. The number of hydrogen-bond donors (Lipinski definition) is 1. The summed E-state index contributed by atoms with van der Waals surface area (Å²) < 4.78 is 6.63. The number of hydrogen-bond acceptors (Lipinski definition) is 2. The van der Waals surface area contributed by atoms with E-state index in [4.69, 9.17) is 22.7 Å². The van der Waals surface area contributed by atoms with Gasteiger partial charge in [-0.1, -0.05) is 39.1 Å². The molecule has 0 atom stereocenters. The third-order valence-corrected chi connectivity index (χ3v) is 3.20. The van der Waals surface area contributed by atoms with Gasteiger partial charge in [0.15, 0.2) is 0 Å². The molecule has 0 radical (unpaired) electrons. The molecule has 94 valence electrons. The summed E-state index contributed by atoms with van der Waals surface area (Å²) in [6.07, 6.45) is 0.982. The Morgan fingerprint density at radius 2 is 2.06 bits per heavy atom. The first-order chi connectivity index (χ1) is 7.81. The van der Waals surface area contributed by atoms with E-state index < -0.39 is 0 Å². The van der Waals surface area contributed by atoms with E-state index in [0.717, 1.165) is 22.2 Å². The van der Waals surface area contributed by atoms with Gasteiger partial charge in [0, 0.05) is 4.47 Å². The molecule has 0 spiro atoms. The van der Waals surface area contributed by atoms with Crippen molar-refractivity contribution in [1.29, 1.82) is 0 Å². The summed E-state index contributed by atoms with van der Waals surface area (Å²) in [6.45, 7) is 7.22. The van der Waals surface area contributed by atoms with Crippen LogP contribution in [0.15, 0.2) is 22.7 Å². The van der Waals surface area contributed by atoms with Crippen molar-refractivity contribution in [1.82, 2.24) is 0 Å². The second kappa shape index (κ2) is 5.83. The third kappa shape index (κ3) is 4.64. The summed E-state index contributed by atoms with van der Waals surface area (Å²) in [5, 5.41) is 0. The van der Waals surface area contributed by atoms with Crippen molar-refractivity contribution in [3.63, 3.8) is 0 Å². The van der Waals surface area contributed by atoms with Gasteiger partial charge < -0.3 is 10.5 Å². The number of halogens is 1. The molecule has 17 heavy (non-hydrogen) atoms. The summed E-state index contributed by atoms with van der Waals surface area (Å²) in [7, 11) is 0. The van der Waals surface area contributed by atoms with Crippen molar-refractivity contribution in [2.24, 2.45) is 11.1 Å². The number of nitrogens with two attached hydrogens (primary N) is 1. The van der Waals surface area contributed by atoms with Crippen LogP contribution < -0.4 is 10.5 Å². The molecule has 0 bridgehead atoms. The summed E-state index contributed by atoms with van der Waals surface area (Å²) in [6, 6.07) is 5.71. The predicted octanol–water partition coefficient (Wildman–Crippen LogP) is 3.90. The second-order valence-electron chi connectivity index (χ2n) is 5.14. The van der Waals surface area contributed by atoms with Gasteiger partial charge in [-0.3, -0.25) is 0 Å². The molecule has 1 aromatic carbocycles. The SMILES string of the molecule is CC(C)(C)CCOc1cccc(Br)c1C(N)=S. The van der Waals surface area contributed by atoms with Crippen molar-refractivity contribution < 1.29 is 4.74 Å². The van der Waals surface area contributed by atoms with Crippen LogP contribution >= 0.6 is 28.1 Å². The van der Waals surface area contributed by atoms with Crippen LogP contribution in [0, 0.1) is 5.41 Å². The summed E-state index contributed by atoms with van der Waals surface area (Å²) in [5.74, 6) is 0.746. The monoisotopic (exact) mass is 315 g/mol.